The third kappa shape index (κ3) is 8.48. The summed E-state index contributed by atoms with van der Waals surface area (Å²) in [6.45, 7) is 9.41. The molecule has 0 saturated heterocycles. The SMILES string of the molecule is CCCSN(C(=O)NOC(=O)c1ccc(NC(=O)NS(=O)(=O)c2ccc(C)cc2)cc1)C(C)(C)C. The number of amides is 4. The molecule has 0 aliphatic heterocycles. The van der Waals surface area contributed by atoms with Crippen molar-refractivity contribution in [3.8, 4) is 0 Å². The van der Waals surface area contributed by atoms with Crippen molar-refractivity contribution in [2.24, 2.45) is 0 Å². The normalized spacial score (nSPS) is 11.3. The van der Waals surface area contributed by atoms with Crippen LogP contribution in [0.3, 0.4) is 0 Å². The first-order valence-corrected chi connectivity index (χ1v) is 13.2. The van der Waals surface area contributed by atoms with Crippen molar-refractivity contribution in [2.75, 3.05) is 11.1 Å². The van der Waals surface area contributed by atoms with Gasteiger partial charge in [-0.05, 0) is 82.5 Å². The lowest BCUT2D eigenvalue weighted by atomic mass is 10.1. The number of urea groups is 2. The van der Waals surface area contributed by atoms with Crippen molar-refractivity contribution in [2.45, 2.75) is 51.5 Å². The van der Waals surface area contributed by atoms with Crippen LogP contribution in [0.5, 0.6) is 0 Å². The Morgan fingerprint density at radius 3 is 2.14 bits per heavy atom. The lowest BCUT2D eigenvalue weighted by Gasteiger charge is -2.33. The molecule has 3 N–H and O–H groups in total. The third-order valence-corrected chi connectivity index (χ3v) is 7.30. The quantitative estimate of drug-likeness (QED) is 0.361. The first-order chi connectivity index (χ1) is 16.3. The second-order valence-electron chi connectivity index (χ2n) is 8.55. The predicted octanol–water partition coefficient (Wildman–Crippen LogP) is 4.45. The summed E-state index contributed by atoms with van der Waals surface area (Å²) in [6, 6.07) is 10.0. The highest BCUT2D eigenvalue weighted by Crippen LogP contribution is 2.24. The summed E-state index contributed by atoms with van der Waals surface area (Å²) in [7, 11) is -4.04. The number of carbonyl (C=O) groups is 3. The standard InChI is InChI=1S/C23H30N4O6S2/c1-6-15-34-27(23(3,4)5)22(30)25-33-20(28)17-9-11-18(12-10-17)24-21(29)26-35(31,32)19-13-7-16(2)8-14-19/h7-14H,6,15H2,1-5H3,(H,25,30)(H2,24,26,29). The molecule has 0 spiro atoms. The smallest absolute Gasteiger partial charge is 0.334 e. The third-order valence-electron chi connectivity index (χ3n) is 4.39. The highest BCUT2D eigenvalue weighted by atomic mass is 32.2. The number of hydrogen-bond donors (Lipinski definition) is 3. The molecule has 35 heavy (non-hydrogen) atoms. The minimum Gasteiger partial charge on any atom is -0.334 e. The maximum absolute atomic E-state index is 12.5. The van der Waals surface area contributed by atoms with Gasteiger partial charge >= 0.3 is 18.0 Å². The molecular weight excluding hydrogens is 492 g/mol. The number of nitrogens with one attached hydrogen (secondary N) is 3. The van der Waals surface area contributed by atoms with E-state index in [-0.39, 0.29) is 16.1 Å². The second-order valence-corrected chi connectivity index (χ2v) is 11.3. The molecule has 2 rings (SSSR count). The van der Waals surface area contributed by atoms with Crippen molar-refractivity contribution in [1.29, 1.82) is 0 Å². The van der Waals surface area contributed by atoms with Crippen LogP contribution in [-0.2, 0) is 14.9 Å². The van der Waals surface area contributed by atoms with Gasteiger partial charge in [0, 0.05) is 17.0 Å². The fourth-order valence-corrected chi connectivity index (χ4v) is 4.49. The van der Waals surface area contributed by atoms with Crippen LogP contribution in [0.15, 0.2) is 53.4 Å². The van der Waals surface area contributed by atoms with Crippen molar-refractivity contribution < 1.29 is 27.6 Å². The molecule has 0 saturated carbocycles. The Bertz CT molecular complexity index is 1140. The summed E-state index contributed by atoms with van der Waals surface area (Å²) in [6.07, 6.45) is 0.876. The van der Waals surface area contributed by atoms with E-state index >= 15 is 0 Å². The number of anilines is 1. The van der Waals surface area contributed by atoms with Crippen molar-refractivity contribution in [3.05, 3.63) is 59.7 Å². The van der Waals surface area contributed by atoms with Crippen LogP contribution >= 0.6 is 11.9 Å². The first kappa shape index (κ1) is 28.0. The van der Waals surface area contributed by atoms with Crippen LogP contribution in [-0.4, -0.2) is 42.0 Å². The van der Waals surface area contributed by atoms with Crippen LogP contribution < -0.4 is 15.5 Å². The summed E-state index contributed by atoms with van der Waals surface area (Å²) in [4.78, 5) is 41.8. The molecule has 0 fully saturated rings. The highest BCUT2D eigenvalue weighted by Gasteiger charge is 2.28. The van der Waals surface area contributed by atoms with E-state index in [1.54, 1.807) is 12.1 Å². The highest BCUT2D eigenvalue weighted by molar-refractivity contribution is 7.97. The predicted molar refractivity (Wildman–Crippen MR) is 135 cm³/mol. The van der Waals surface area contributed by atoms with Crippen molar-refractivity contribution in [1.82, 2.24) is 14.5 Å². The van der Waals surface area contributed by atoms with E-state index in [0.717, 1.165) is 17.7 Å². The Hall–Kier alpha value is -3.25. The maximum atomic E-state index is 12.5. The van der Waals surface area contributed by atoms with Crippen molar-refractivity contribution in [3.63, 3.8) is 0 Å². The zero-order valence-electron chi connectivity index (χ0n) is 20.2. The lowest BCUT2D eigenvalue weighted by Crippen LogP contribution is -2.46. The fraction of sp³-hybridized carbons (Fsp3) is 0.348. The van der Waals surface area contributed by atoms with E-state index in [2.05, 4.69) is 10.8 Å². The molecule has 0 unspecified atom stereocenters. The topological polar surface area (TPSA) is 134 Å². The summed E-state index contributed by atoms with van der Waals surface area (Å²) < 4.78 is 28.0. The summed E-state index contributed by atoms with van der Waals surface area (Å²) in [5.74, 6) is -0.0712. The van der Waals surface area contributed by atoms with Crippen LogP contribution in [0.1, 0.15) is 50.0 Å². The Balaban J connectivity index is 1.93. The molecule has 0 radical (unpaired) electrons. The summed E-state index contributed by atoms with van der Waals surface area (Å²) in [5, 5.41) is 2.39. The minimum absolute atomic E-state index is 0.0449. The van der Waals surface area contributed by atoms with Crippen LogP contribution in [0, 0.1) is 6.92 Å². The molecular formula is C23H30N4O6S2. The Labute approximate surface area is 209 Å². The number of aryl methyl sites for hydroxylation is 1. The van der Waals surface area contributed by atoms with Gasteiger partial charge in [-0.3, -0.25) is 4.31 Å². The van der Waals surface area contributed by atoms with E-state index in [1.165, 1.54) is 52.7 Å². The molecule has 0 atom stereocenters. The van der Waals surface area contributed by atoms with Crippen LogP contribution in [0.4, 0.5) is 15.3 Å². The van der Waals surface area contributed by atoms with Crippen LogP contribution in [0.2, 0.25) is 0 Å². The number of sulfonamides is 1. The molecule has 2 aromatic carbocycles. The lowest BCUT2D eigenvalue weighted by molar-refractivity contribution is 0.0293. The van der Waals surface area contributed by atoms with Gasteiger partial charge in [0.05, 0.1) is 10.5 Å². The molecule has 190 valence electrons. The molecule has 12 heteroatoms. The number of nitrogens with zero attached hydrogens (tertiary/aromatic N) is 1. The van der Waals surface area contributed by atoms with Crippen molar-refractivity contribution >= 4 is 45.7 Å². The average molecular weight is 523 g/mol. The van der Waals surface area contributed by atoms with Gasteiger partial charge in [-0.2, -0.15) is 5.48 Å². The monoisotopic (exact) mass is 522 g/mol. The second kappa shape index (κ2) is 11.9. The summed E-state index contributed by atoms with van der Waals surface area (Å²) >= 11 is 1.34. The van der Waals surface area contributed by atoms with Gasteiger partial charge in [-0.1, -0.05) is 24.6 Å². The number of rotatable bonds is 7. The van der Waals surface area contributed by atoms with E-state index < -0.39 is 33.6 Å². The maximum Gasteiger partial charge on any atom is 0.363 e. The minimum atomic E-state index is -4.04. The van der Waals surface area contributed by atoms with E-state index in [9.17, 15) is 22.8 Å². The van der Waals surface area contributed by atoms with E-state index in [1.807, 2.05) is 39.3 Å². The molecule has 2 aromatic rings. The zero-order valence-corrected chi connectivity index (χ0v) is 21.9. The number of hydrogen-bond acceptors (Lipinski definition) is 7. The molecule has 0 aliphatic carbocycles. The Morgan fingerprint density at radius 2 is 1.60 bits per heavy atom. The molecule has 0 bridgehead atoms. The zero-order chi connectivity index (χ0) is 26.2. The average Bonchev–Trinajstić information content (AvgIpc) is 2.77. The first-order valence-electron chi connectivity index (χ1n) is 10.8. The fourth-order valence-electron chi connectivity index (χ4n) is 2.67. The Morgan fingerprint density at radius 1 is 1.00 bits per heavy atom. The number of carbonyl (C=O) groups excluding carboxylic acids is 3. The number of hydroxylamine groups is 1. The van der Waals surface area contributed by atoms with Gasteiger partial charge < -0.3 is 10.2 Å². The summed E-state index contributed by atoms with van der Waals surface area (Å²) in [5.41, 5.74) is 2.92. The van der Waals surface area contributed by atoms with Gasteiger partial charge in [0.2, 0.25) is 0 Å². The van der Waals surface area contributed by atoms with E-state index in [4.69, 9.17) is 4.84 Å². The van der Waals surface area contributed by atoms with Gasteiger partial charge in [0.15, 0.2) is 0 Å². The number of benzene rings is 2. The van der Waals surface area contributed by atoms with E-state index in [0.29, 0.717) is 0 Å². The van der Waals surface area contributed by atoms with Gasteiger partial charge in [-0.25, -0.2) is 27.5 Å². The van der Waals surface area contributed by atoms with Gasteiger partial charge in [0.1, 0.15) is 0 Å². The largest absolute Gasteiger partial charge is 0.363 e. The molecule has 0 aromatic heterocycles. The molecule has 0 heterocycles. The Kier molecular flexibility index (Phi) is 9.55. The molecule has 10 nitrogen and oxygen atoms in total. The van der Waals surface area contributed by atoms with Gasteiger partial charge in [-0.15, -0.1) is 0 Å². The molecule has 0 aliphatic rings. The molecule has 4 amide bonds. The van der Waals surface area contributed by atoms with Crippen LogP contribution in [0.25, 0.3) is 0 Å². The van der Waals surface area contributed by atoms with Gasteiger partial charge in [0.25, 0.3) is 10.0 Å².